The number of halogens is 1. The first kappa shape index (κ1) is 12.2. The lowest BCUT2D eigenvalue weighted by atomic mass is 10.1. The minimum absolute atomic E-state index is 0.184. The highest BCUT2D eigenvalue weighted by atomic mass is 35.5. The van der Waals surface area contributed by atoms with E-state index in [1.54, 1.807) is 12.1 Å². The average Bonchev–Trinajstić information content (AvgIpc) is 2.72. The van der Waals surface area contributed by atoms with Crippen molar-refractivity contribution < 1.29 is 5.11 Å². The standard InChI is InChI=1S/C13H15ClN2O/c14-12-6-11(5-4-9(12)7-15)16-8-10-2-1-3-13(10)17/h4-6,10,13,16-17H,1-3,8H2. The largest absolute Gasteiger partial charge is 0.393 e. The number of hydrogen-bond acceptors (Lipinski definition) is 3. The van der Waals surface area contributed by atoms with Gasteiger partial charge in [0.1, 0.15) is 6.07 Å². The summed E-state index contributed by atoms with van der Waals surface area (Å²) in [5.41, 5.74) is 1.38. The van der Waals surface area contributed by atoms with Gasteiger partial charge in [0.25, 0.3) is 0 Å². The van der Waals surface area contributed by atoms with Gasteiger partial charge in [-0.3, -0.25) is 0 Å². The molecule has 90 valence electrons. The van der Waals surface area contributed by atoms with Crippen LogP contribution in [0.25, 0.3) is 0 Å². The highest BCUT2D eigenvalue weighted by Gasteiger charge is 2.24. The molecular weight excluding hydrogens is 236 g/mol. The number of rotatable bonds is 3. The Morgan fingerprint density at radius 2 is 2.29 bits per heavy atom. The Kier molecular flexibility index (Phi) is 3.88. The van der Waals surface area contributed by atoms with E-state index in [0.717, 1.165) is 31.5 Å². The Hall–Kier alpha value is -1.24. The smallest absolute Gasteiger partial charge is 0.101 e. The Labute approximate surface area is 106 Å². The molecule has 2 rings (SSSR count). The van der Waals surface area contributed by atoms with Crippen molar-refractivity contribution in [3.8, 4) is 6.07 Å². The summed E-state index contributed by atoms with van der Waals surface area (Å²) in [6.45, 7) is 0.753. The molecule has 1 fully saturated rings. The second-order valence-electron chi connectivity index (χ2n) is 4.45. The Morgan fingerprint density at radius 1 is 1.47 bits per heavy atom. The molecule has 0 aromatic heterocycles. The maximum Gasteiger partial charge on any atom is 0.101 e. The van der Waals surface area contributed by atoms with Crippen LogP contribution in [-0.4, -0.2) is 17.8 Å². The minimum atomic E-state index is -0.184. The molecular formula is C13H15ClN2O. The fourth-order valence-corrected chi connectivity index (χ4v) is 2.44. The predicted molar refractivity (Wildman–Crippen MR) is 68.0 cm³/mol. The topological polar surface area (TPSA) is 56.0 Å². The molecule has 1 saturated carbocycles. The minimum Gasteiger partial charge on any atom is -0.393 e. The molecule has 4 heteroatoms. The summed E-state index contributed by atoms with van der Waals surface area (Å²) in [6, 6.07) is 7.32. The van der Waals surface area contributed by atoms with Crippen LogP contribution < -0.4 is 5.32 Å². The van der Waals surface area contributed by atoms with Gasteiger partial charge in [-0.15, -0.1) is 0 Å². The van der Waals surface area contributed by atoms with Gasteiger partial charge in [0.2, 0.25) is 0 Å². The molecule has 0 aliphatic heterocycles. The first-order valence-electron chi connectivity index (χ1n) is 5.82. The third kappa shape index (κ3) is 2.91. The predicted octanol–water partition coefficient (Wildman–Crippen LogP) is 2.78. The molecule has 2 N–H and O–H groups in total. The molecule has 3 nitrogen and oxygen atoms in total. The van der Waals surface area contributed by atoms with Crippen molar-refractivity contribution in [2.24, 2.45) is 5.92 Å². The van der Waals surface area contributed by atoms with E-state index in [9.17, 15) is 5.11 Å². The fraction of sp³-hybridized carbons (Fsp3) is 0.462. The lowest BCUT2D eigenvalue weighted by Crippen LogP contribution is -2.21. The highest BCUT2D eigenvalue weighted by Crippen LogP contribution is 2.26. The molecule has 1 aliphatic carbocycles. The van der Waals surface area contributed by atoms with Gasteiger partial charge in [-0.25, -0.2) is 0 Å². The third-order valence-electron chi connectivity index (χ3n) is 3.28. The summed E-state index contributed by atoms with van der Waals surface area (Å²) in [7, 11) is 0. The maximum atomic E-state index is 9.69. The van der Waals surface area contributed by atoms with E-state index in [2.05, 4.69) is 5.32 Å². The van der Waals surface area contributed by atoms with Gasteiger partial charge in [-0.1, -0.05) is 18.0 Å². The summed E-state index contributed by atoms with van der Waals surface area (Å²) in [5.74, 6) is 0.324. The summed E-state index contributed by atoms with van der Waals surface area (Å²) in [6.07, 6.45) is 2.89. The van der Waals surface area contributed by atoms with Crippen molar-refractivity contribution in [2.75, 3.05) is 11.9 Å². The number of nitrogens with zero attached hydrogens (tertiary/aromatic N) is 1. The molecule has 0 radical (unpaired) electrons. The van der Waals surface area contributed by atoms with Gasteiger partial charge in [-0.05, 0) is 31.0 Å². The van der Waals surface area contributed by atoms with Gasteiger partial charge < -0.3 is 10.4 Å². The highest BCUT2D eigenvalue weighted by molar-refractivity contribution is 6.32. The van der Waals surface area contributed by atoms with E-state index in [1.807, 2.05) is 12.1 Å². The molecule has 1 aromatic carbocycles. The van der Waals surface area contributed by atoms with Gasteiger partial charge in [0.05, 0.1) is 16.7 Å². The van der Waals surface area contributed by atoms with Crippen LogP contribution in [0.3, 0.4) is 0 Å². The number of nitriles is 1. The van der Waals surface area contributed by atoms with Gasteiger partial charge in [-0.2, -0.15) is 5.26 Å². The first-order chi connectivity index (χ1) is 8.20. The number of hydrogen-bond donors (Lipinski definition) is 2. The van der Waals surface area contributed by atoms with E-state index in [-0.39, 0.29) is 6.10 Å². The van der Waals surface area contributed by atoms with Gasteiger partial charge in [0, 0.05) is 18.2 Å². The Bertz CT molecular complexity index is 442. The van der Waals surface area contributed by atoms with E-state index >= 15 is 0 Å². The molecule has 0 saturated heterocycles. The molecule has 0 amide bonds. The van der Waals surface area contributed by atoms with Crippen molar-refractivity contribution in [3.63, 3.8) is 0 Å². The molecule has 1 aromatic rings. The van der Waals surface area contributed by atoms with Crippen LogP contribution in [0.2, 0.25) is 5.02 Å². The Morgan fingerprint density at radius 3 is 2.88 bits per heavy atom. The van der Waals surface area contributed by atoms with Crippen LogP contribution in [-0.2, 0) is 0 Å². The zero-order chi connectivity index (χ0) is 12.3. The van der Waals surface area contributed by atoms with Crippen molar-refractivity contribution >= 4 is 17.3 Å². The summed E-state index contributed by atoms with van der Waals surface area (Å²) in [4.78, 5) is 0. The normalized spacial score (nSPS) is 23.4. The number of aliphatic hydroxyl groups excluding tert-OH is 1. The first-order valence-corrected chi connectivity index (χ1v) is 6.20. The monoisotopic (exact) mass is 250 g/mol. The van der Waals surface area contributed by atoms with Crippen LogP contribution in [0.5, 0.6) is 0 Å². The summed E-state index contributed by atoms with van der Waals surface area (Å²) < 4.78 is 0. The van der Waals surface area contributed by atoms with Crippen LogP contribution in [0, 0.1) is 17.2 Å². The molecule has 1 aliphatic rings. The molecule has 0 heterocycles. The van der Waals surface area contributed by atoms with Crippen molar-refractivity contribution in [2.45, 2.75) is 25.4 Å². The van der Waals surface area contributed by atoms with Crippen molar-refractivity contribution in [3.05, 3.63) is 28.8 Å². The molecule has 2 unspecified atom stereocenters. The second kappa shape index (κ2) is 5.39. The van der Waals surface area contributed by atoms with Gasteiger partial charge >= 0.3 is 0 Å². The van der Waals surface area contributed by atoms with E-state index in [4.69, 9.17) is 16.9 Å². The SMILES string of the molecule is N#Cc1ccc(NCC2CCCC2O)cc1Cl. The van der Waals surface area contributed by atoms with Crippen LogP contribution in [0.4, 0.5) is 5.69 Å². The van der Waals surface area contributed by atoms with Crippen molar-refractivity contribution in [1.29, 1.82) is 5.26 Å². The molecule has 2 atom stereocenters. The molecule has 0 spiro atoms. The van der Waals surface area contributed by atoms with Crippen LogP contribution in [0.15, 0.2) is 18.2 Å². The summed E-state index contributed by atoms with van der Waals surface area (Å²) in [5, 5.41) is 22.2. The number of aliphatic hydroxyl groups is 1. The number of benzene rings is 1. The van der Waals surface area contributed by atoms with E-state index in [0.29, 0.717) is 16.5 Å². The summed E-state index contributed by atoms with van der Waals surface area (Å²) >= 11 is 5.94. The Balaban J connectivity index is 1.95. The van der Waals surface area contributed by atoms with Crippen LogP contribution in [0.1, 0.15) is 24.8 Å². The molecule has 17 heavy (non-hydrogen) atoms. The second-order valence-corrected chi connectivity index (χ2v) is 4.85. The lowest BCUT2D eigenvalue weighted by Gasteiger charge is -2.16. The lowest BCUT2D eigenvalue weighted by molar-refractivity contribution is 0.138. The van der Waals surface area contributed by atoms with Gasteiger partial charge in [0.15, 0.2) is 0 Å². The number of anilines is 1. The zero-order valence-corrected chi connectivity index (χ0v) is 10.2. The third-order valence-corrected chi connectivity index (χ3v) is 3.59. The van der Waals surface area contributed by atoms with E-state index in [1.165, 1.54) is 0 Å². The maximum absolute atomic E-state index is 9.69. The number of nitrogens with one attached hydrogen (secondary N) is 1. The quantitative estimate of drug-likeness (QED) is 0.867. The average molecular weight is 251 g/mol. The van der Waals surface area contributed by atoms with E-state index < -0.39 is 0 Å². The molecule has 0 bridgehead atoms. The van der Waals surface area contributed by atoms with Crippen molar-refractivity contribution in [1.82, 2.24) is 0 Å². The zero-order valence-electron chi connectivity index (χ0n) is 9.49. The van der Waals surface area contributed by atoms with Crippen LogP contribution >= 0.6 is 11.6 Å². The fourth-order valence-electron chi connectivity index (χ4n) is 2.22.